The molecule has 9 heteroatoms. The number of hydrogen-bond donors (Lipinski definition) is 0. The van der Waals surface area contributed by atoms with E-state index >= 15 is 0 Å². The van der Waals surface area contributed by atoms with Crippen LogP contribution in [-0.2, 0) is 0 Å². The van der Waals surface area contributed by atoms with Crippen molar-refractivity contribution in [3.63, 3.8) is 0 Å². The maximum absolute atomic E-state index is 12.5. The first kappa shape index (κ1) is 24.4. The van der Waals surface area contributed by atoms with Crippen molar-refractivity contribution in [1.29, 1.82) is 0 Å². The Balaban J connectivity index is 2.41. The van der Waals surface area contributed by atoms with Crippen LogP contribution in [0.3, 0.4) is 0 Å². The van der Waals surface area contributed by atoms with Crippen LogP contribution in [0.2, 0.25) is 0 Å². The van der Waals surface area contributed by atoms with Crippen LogP contribution < -0.4 is 9.47 Å². The normalized spacial score (nSPS) is 10.8. The quantitative estimate of drug-likeness (QED) is 0.174. The van der Waals surface area contributed by atoms with Gasteiger partial charge in [0.25, 0.3) is 0 Å². The summed E-state index contributed by atoms with van der Waals surface area (Å²) >= 11 is 13.5. The van der Waals surface area contributed by atoms with Crippen molar-refractivity contribution in [1.82, 2.24) is 0 Å². The van der Waals surface area contributed by atoms with Crippen LogP contribution in [0.1, 0.15) is 22.3 Å². The Labute approximate surface area is 234 Å². The van der Waals surface area contributed by atoms with Crippen molar-refractivity contribution in [3.05, 3.63) is 43.7 Å². The molecule has 0 aromatic heterocycles. The van der Waals surface area contributed by atoms with Crippen molar-refractivity contribution < 1.29 is 14.3 Å². The molecule has 0 bridgehead atoms. The number of benzene rings is 2. The zero-order valence-electron chi connectivity index (χ0n) is 14.0. The highest BCUT2D eigenvalue weighted by Gasteiger charge is 2.23. The number of ether oxygens (including phenoxy) is 2. The highest BCUT2D eigenvalue weighted by molar-refractivity contribution is 14.1. The van der Waals surface area contributed by atoms with Gasteiger partial charge in [0.1, 0.15) is 0 Å². The Morgan fingerprint density at radius 2 is 0.769 bits per heavy atom. The standard InChI is InChI=1S/C17H12I6O3/c1-5-9(18)6(2)12(21)15(11(5)20)25-17(24)26-16-13(22)7(3)10(19)8(4)14(16)23/h1-4H3. The summed E-state index contributed by atoms with van der Waals surface area (Å²) in [7, 11) is 0. The molecule has 0 atom stereocenters. The highest BCUT2D eigenvalue weighted by atomic mass is 127. The van der Waals surface area contributed by atoms with Crippen molar-refractivity contribution in [2.24, 2.45) is 0 Å². The van der Waals surface area contributed by atoms with Crippen LogP contribution in [0.25, 0.3) is 0 Å². The summed E-state index contributed by atoms with van der Waals surface area (Å²) in [5.74, 6) is 1.13. The van der Waals surface area contributed by atoms with Crippen molar-refractivity contribution in [3.8, 4) is 11.5 Å². The van der Waals surface area contributed by atoms with Crippen molar-refractivity contribution in [2.45, 2.75) is 27.7 Å². The number of rotatable bonds is 2. The molecule has 0 N–H and O–H groups in total. The van der Waals surface area contributed by atoms with Gasteiger partial charge in [-0.05, 0) is 185 Å². The van der Waals surface area contributed by atoms with Gasteiger partial charge in [-0.2, -0.15) is 0 Å². The maximum atomic E-state index is 12.5. The monoisotopic (exact) mass is 1030 g/mol. The molecule has 0 amide bonds. The maximum Gasteiger partial charge on any atom is 0.519 e. The molecular formula is C17H12I6O3. The SMILES string of the molecule is Cc1c(I)c(C)c(I)c(OC(=O)Oc2c(I)c(C)c(I)c(C)c2I)c1I. The Bertz CT molecular complexity index is 792. The molecule has 0 fully saturated rings. The summed E-state index contributed by atoms with van der Waals surface area (Å²) in [4.78, 5) is 12.5. The molecule has 0 saturated carbocycles. The van der Waals surface area contributed by atoms with Crippen molar-refractivity contribution >= 4 is 142 Å². The second-order valence-electron chi connectivity index (χ2n) is 5.50. The molecule has 0 aliphatic heterocycles. The van der Waals surface area contributed by atoms with Crippen LogP contribution in [0, 0.1) is 49.1 Å². The molecule has 0 saturated heterocycles. The summed E-state index contributed by atoms with van der Waals surface area (Å²) in [6, 6.07) is 0. The van der Waals surface area contributed by atoms with E-state index in [0.717, 1.165) is 36.5 Å². The molecule has 26 heavy (non-hydrogen) atoms. The van der Waals surface area contributed by atoms with E-state index < -0.39 is 6.16 Å². The van der Waals surface area contributed by atoms with Gasteiger partial charge in [-0.3, -0.25) is 0 Å². The summed E-state index contributed by atoms with van der Waals surface area (Å²) in [5.41, 5.74) is 4.43. The van der Waals surface area contributed by atoms with Gasteiger partial charge in [0.05, 0.1) is 14.3 Å². The Morgan fingerprint density at radius 1 is 0.538 bits per heavy atom. The first-order valence-electron chi connectivity index (χ1n) is 7.15. The lowest BCUT2D eigenvalue weighted by atomic mass is 10.1. The second kappa shape index (κ2) is 9.93. The molecule has 0 heterocycles. The Kier molecular flexibility index (Phi) is 9.30. The van der Waals surface area contributed by atoms with E-state index in [9.17, 15) is 4.79 Å². The second-order valence-corrected chi connectivity index (χ2v) is 12.0. The minimum absolute atomic E-state index is 0.565. The van der Waals surface area contributed by atoms with E-state index in [1.54, 1.807) is 0 Å². The van der Waals surface area contributed by atoms with Crippen molar-refractivity contribution in [2.75, 3.05) is 0 Å². The van der Waals surface area contributed by atoms with Crippen LogP contribution >= 0.6 is 136 Å². The van der Waals surface area contributed by atoms with E-state index in [-0.39, 0.29) is 0 Å². The smallest absolute Gasteiger partial charge is 0.392 e. The van der Waals surface area contributed by atoms with Gasteiger partial charge in [-0.25, -0.2) is 4.79 Å². The van der Waals surface area contributed by atoms with Gasteiger partial charge >= 0.3 is 6.16 Å². The van der Waals surface area contributed by atoms with Gasteiger partial charge in [0.2, 0.25) is 0 Å². The minimum Gasteiger partial charge on any atom is -0.392 e. The zero-order chi connectivity index (χ0) is 19.9. The summed E-state index contributed by atoms with van der Waals surface area (Å²) in [6.07, 6.45) is -0.711. The highest BCUT2D eigenvalue weighted by Crippen LogP contribution is 2.38. The lowest BCUT2D eigenvalue weighted by molar-refractivity contribution is 0.150. The Hall–Kier alpha value is 2.09. The molecular weight excluding hydrogens is 1010 g/mol. The van der Waals surface area contributed by atoms with Crippen LogP contribution in [0.15, 0.2) is 0 Å². The lowest BCUT2D eigenvalue weighted by Crippen LogP contribution is -2.18. The van der Waals surface area contributed by atoms with Gasteiger partial charge in [-0.15, -0.1) is 0 Å². The molecule has 2 rings (SSSR count). The van der Waals surface area contributed by atoms with E-state index in [0.29, 0.717) is 11.5 Å². The summed E-state index contributed by atoms with van der Waals surface area (Å²) < 4.78 is 17.3. The van der Waals surface area contributed by atoms with E-state index in [4.69, 9.17) is 9.47 Å². The first-order valence-corrected chi connectivity index (χ1v) is 13.6. The predicted molar refractivity (Wildman–Crippen MR) is 155 cm³/mol. The van der Waals surface area contributed by atoms with Crippen LogP contribution in [-0.4, -0.2) is 6.16 Å². The number of hydrogen-bond acceptors (Lipinski definition) is 3. The van der Waals surface area contributed by atoms with Gasteiger partial charge in [0.15, 0.2) is 11.5 Å². The molecule has 140 valence electrons. The van der Waals surface area contributed by atoms with Gasteiger partial charge in [-0.1, -0.05) is 0 Å². The van der Waals surface area contributed by atoms with Gasteiger partial charge in [0, 0.05) is 7.14 Å². The molecule has 0 aliphatic rings. The number of carbonyl (C=O) groups excluding carboxylic acids is 1. The van der Waals surface area contributed by atoms with Gasteiger partial charge < -0.3 is 9.47 Å². The third-order valence-electron chi connectivity index (χ3n) is 3.80. The molecule has 0 radical (unpaired) electrons. The fourth-order valence-corrected chi connectivity index (χ4v) is 8.96. The zero-order valence-corrected chi connectivity index (χ0v) is 26.9. The first-order chi connectivity index (χ1) is 12.0. The molecule has 0 spiro atoms. The fourth-order valence-electron chi connectivity index (χ4n) is 2.19. The third-order valence-corrected chi connectivity index (χ3v) is 12.2. The van der Waals surface area contributed by atoms with Crippen LogP contribution in [0.4, 0.5) is 4.79 Å². The fraction of sp³-hybridized carbons (Fsp3) is 0.235. The predicted octanol–water partition coefficient (Wildman–Crippen LogP) is 8.13. The molecule has 0 unspecified atom stereocenters. The largest absolute Gasteiger partial charge is 0.519 e. The van der Waals surface area contributed by atoms with E-state index in [2.05, 4.69) is 136 Å². The molecule has 2 aromatic carbocycles. The summed E-state index contributed by atoms with van der Waals surface area (Å²) in [5, 5.41) is 0. The Morgan fingerprint density at radius 3 is 1.00 bits per heavy atom. The third kappa shape index (κ3) is 4.87. The average Bonchev–Trinajstić information content (AvgIpc) is 2.62. The van der Waals surface area contributed by atoms with E-state index in [1.165, 1.54) is 7.14 Å². The number of carbonyl (C=O) groups is 1. The van der Waals surface area contributed by atoms with E-state index in [1.807, 2.05) is 27.7 Å². The topological polar surface area (TPSA) is 35.5 Å². The lowest BCUT2D eigenvalue weighted by Gasteiger charge is -2.17. The summed E-state index contributed by atoms with van der Waals surface area (Å²) in [6.45, 7) is 8.12. The molecule has 3 nitrogen and oxygen atoms in total. The molecule has 2 aromatic rings. The minimum atomic E-state index is -0.711. The number of halogens is 6. The van der Waals surface area contributed by atoms with Crippen LogP contribution in [0.5, 0.6) is 11.5 Å². The molecule has 0 aliphatic carbocycles. The average molecular weight is 1030 g/mol.